The van der Waals surface area contributed by atoms with Gasteiger partial charge in [-0.2, -0.15) is 9.64 Å². The lowest BCUT2D eigenvalue weighted by molar-refractivity contribution is 0.594. The Morgan fingerprint density at radius 1 is 1.71 bits per heavy atom. The number of nitrogens with one attached hydrogen (secondary N) is 1. The van der Waals surface area contributed by atoms with Crippen molar-refractivity contribution in [2.24, 2.45) is 5.92 Å². The molecule has 0 aliphatic rings. The zero-order chi connectivity index (χ0) is 10.6. The highest BCUT2D eigenvalue weighted by molar-refractivity contribution is 7.10. The molecule has 3 N–H and O–H groups in total. The van der Waals surface area contributed by atoms with Gasteiger partial charge in [-0.15, -0.1) is 0 Å². The van der Waals surface area contributed by atoms with E-state index in [1.54, 1.807) is 0 Å². The van der Waals surface area contributed by atoms with Crippen LogP contribution in [0.2, 0.25) is 0 Å². The molecule has 0 saturated carbocycles. The second-order valence-corrected chi connectivity index (χ2v) is 4.05. The Morgan fingerprint density at radius 2 is 2.43 bits per heavy atom. The maximum Gasteiger partial charge on any atom is 0.157 e. The molecule has 0 saturated heterocycles. The first kappa shape index (κ1) is 10.8. The van der Waals surface area contributed by atoms with E-state index in [1.807, 2.05) is 6.07 Å². The van der Waals surface area contributed by atoms with Gasteiger partial charge in [0.05, 0.1) is 0 Å². The third kappa shape index (κ3) is 2.36. The van der Waals surface area contributed by atoms with Crippen molar-refractivity contribution in [3.8, 4) is 6.07 Å². The summed E-state index contributed by atoms with van der Waals surface area (Å²) in [7, 11) is 0. The summed E-state index contributed by atoms with van der Waals surface area (Å²) in [6, 6.07) is 2.05. The molecular formula is C9H14N4S. The quantitative estimate of drug-likeness (QED) is 0.797. The number of nitrogens with zero attached hydrogens (tertiary/aromatic N) is 2. The minimum Gasteiger partial charge on any atom is -0.382 e. The largest absolute Gasteiger partial charge is 0.382 e. The Labute approximate surface area is 87.9 Å². The van der Waals surface area contributed by atoms with Gasteiger partial charge >= 0.3 is 0 Å². The number of rotatable bonds is 4. The van der Waals surface area contributed by atoms with Crippen molar-refractivity contribution in [2.45, 2.75) is 20.3 Å². The molecule has 4 nitrogen and oxygen atoms in total. The first-order chi connectivity index (χ1) is 6.69. The molecule has 0 aliphatic heterocycles. The summed E-state index contributed by atoms with van der Waals surface area (Å²) in [6.45, 7) is 5.15. The molecular weight excluding hydrogens is 196 g/mol. The molecule has 1 rings (SSSR count). The normalized spacial score (nSPS) is 12.1. The predicted octanol–water partition coefficient (Wildman–Crippen LogP) is 2.05. The van der Waals surface area contributed by atoms with E-state index in [0.717, 1.165) is 18.0 Å². The second kappa shape index (κ2) is 4.82. The van der Waals surface area contributed by atoms with E-state index in [4.69, 9.17) is 11.0 Å². The number of nitrogens with two attached hydrogens (primary N) is 1. The maximum absolute atomic E-state index is 8.81. The molecule has 1 aromatic heterocycles. The Hall–Kier alpha value is -1.28. The first-order valence-corrected chi connectivity index (χ1v) is 5.35. The van der Waals surface area contributed by atoms with Gasteiger partial charge in [0.25, 0.3) is 0 Å². The minimum absolute atomic E-state index is 0.323. The van der Waals surface area contributed by atoms with Gasteiger partial charge in [0.2, 0.25) is 0 Å². The van der Waals surface area contributed by atoms with Crippen LogP contribution in [0.4, 0.5) is 10.8 Å². The summed E-state index contributed by atoms with van der Waals surface area (Å²) in [6.07, 6.45) is 1.11. The highest BCUT2D eigenvalue weighted by Gasteiger charge is 2.10. The van der Waals surface area contributed by atoms with Crippen LogP contribution in [0.1, 0.15) is 25.8 Å². The fourth-order valence-electron chi connectivity index (χ4n) is 0.942. The monoisotopic (exact) mass is 210 g/mol. The Balaban J connectivity index is 2.64. The van der Waals surface area contributed by atoms with Gasteiger partial charge in [-0.3, -0.25) is 0 Å². The van der Waals surface area contributed by atoms with Gasteiger partial charge in [-0.25, -0.2) is 0 Å². The lowest BCUT2D eigenvalue weighted by atomic mass is 10.1. The van der Waals surface area contributed by atoms with Crippen LogP contribution in [-0.4, -0.2) is 10.9 Å². The van der Waals surface area contributed by atoms with Crippen molar-refractivity contribution in [1.29, 1.82) is 5.26 Å². The molecule has 0 bridgehead atoms. The molecule has 1 unspecified atom stereocenters. The van der Waals surface area contributed by atoms with E-state index in [0.29, 0.717) is 17.3 Å². The van der Waals surface area contributed by atoms with E-state index in [2.05, 4.69) is 23.5 Å². The topological polar surface area (TPSA) is 74.7 Å². The Morgan fingerprint density at radius 3 is 3.00 bits per heavy atom. The van der Waals surface area contributed by atoms with E-state index < -0.39 is 0 Å². The SMILES string of the molecule is CCC(C)CNc1snc(N)c1C#N. The van der Waals surface area contributed by atoms with Gasteiger partial charge in [-0.05, 0) is 17.5 Å². The molecule has 0 fully saturated rings. The molecule has 1 heterocycles. The lowest BCUT2D eigenvalue weighted by Crippen LogP contribution is -2.10. The fraction of sp³-hybridized carbons (Fsp3) is 0.556. The molecule has 14 heavy (non-hydrogen) atoms. The van der Waals surface area contributed by atoms with Crippen molar-refractivity contribution in [2.75, 3.05) is 17.6 Å². The first-order valence-electron chi connectivity index (χ1n) is 4.58. The van der Waals surface area contributed by atoms with Gasteiger partial charge in [0, 0.05) is 6.54 Å². The van der Waals surface area contributed by atoms with Crippen LogP contribution in [0.3, 0.4) is 0 Å². The number of aromatic nitrogens is 1. The molecule has 5 heteroatoms. The molecule has 0 radical (unpaired) electrons. The van der Waals surface area contributed by atoms with Gasteiger partial charge < -0.3 is 11.1 Å². The Bertz CT molecular complexity index is 339. The average molecular weight is 210 g/mol. The van der Waals surface area contributed by atoms with Crippen molar-refractivity contribution in [3.63, 3.8) is 0 Å². The van der Waals surface area contributed by atoms with Crippen LogP contribution in [0.15, 0.2) is 0 Å². The van der Waals surface area contributed by atoms with E-state index in [9.17, 15) is 0 Å². The minimum atomic E-state index is 0.323. The van der Waals surface area contributed by atoms with Gasteiger partial charge in [0.15, 0.2) is 5.82 Å². The van der Waals surface area contributed by atoms with Crippen LogP contribution < -0.4 is 11.1 Å². The summed E-state index contributed by atoms with van der Waals surface area (Å²) >= 11 is 1.24. The maximum atomic E-state index is 8.81. The molecule has 1 atom stereocenters. The molecule has 0 amide bonds. The van der Waals surface area contributed by atoms with Crippen molar-refractivity contribution < 1.29 is 0 Å². The number of nitriles is 1. The predicted molar refractivity (Wildman–Crippen MR) is 59.2 cm³/mol. The van der Waals surface area contributed by atoms with Crippen LogP contribution in [0.25, 0.3) is 0 Å². The highest BCUT2D eigenvalue weighted by Crippen LogP contribution is 2.25. The molecule has 0 aliphatic carbocycles. The van der Waals surface area contributed by atoms with Crippen LogP contribution in [-0.2, 0) is 0 Å². The van der Waals surface area contributed by atoms with Gasteiger partial charge in [-0.1, -0.05) is 20.3 Å². The van der Waals surface area contributed by atoms with E-state index >= 15 is 0 Å². The Kier molecular flexibility index (Phi) is 3.72. The third-order valence-corrected chi connectivity index (χ3v) is 2.96. The lowest BCUT2D eigenvalue weighted by Gasteiger charge is -2.08. The number of hydrogen-bond acceptors (Lipinski definition) is 5. The standard InChI is InChI=1S/C9H14N4S/c1-3-6(2)5-12-9-7(4-10)8(11)13-14-9/h6,12H,3,5H2,1-2H3,(H2,11,13). The second-order valence-electron chi connectivity index (χ2n) is 3.28. The number of anilines is 2. The highest BCUT2D eigenvalue weighted by atomic mass is 32.1. The van der Waals surface area contributed by atoms with Crippen molar-refractivity contribution in [3.05, 3.63) is 5.56 Å². The number of hydrogen-bond donors (Lipinski definition) is 2. The smallest absolute Gasteiger partial charge is 0.157 e. The summed E-state index contributed by atoms with van der Waals surface area (Å²) in [5, 5.41) is 12.8. The van der Waals surface area contributed by atoms with E-state index in [-0.39, 0.29) is 0 Å². The zero-order valence-corrected chi connectivity index (χ0v) is 9.19. The zero-order valence-electron chi connectivity index (χ0n) is 8.37. The molecule has 0 spiro atoms. The third-order valence-electron chi connectivity index (χ3n) is 2.14. The van der Waals surface area contributed by atoms with Gasteiger partial charge in [0.1, 0.15) is 16.6 Å². The molecule has 1 aromatic rings. The summed E-state index contributed by atoms with van der Waals surface area (Å²) in [4.78, 5) is 0. The van der Waals surface area contributed by atoms with Crippen LogP contribution >= 0.6 is 11.5 Å². The van der Waals surface area contributed by atoms with Crippen LogP contribution in [0, 0.1) is 17.2 Å². The molecule has 76 valence electrons. The van der Waals surface area contributed by atoms with Crippen molar-refractivity contribution >= 4 is 22.4 Å². The summed E-state index contributed by atoms with van der Waals surface area (Å²) in [5.41, 5.74) is 6.00. The average Bonchev–Trinajstić information content (AvgIpc) is 2.55. The summed E-state index contributed by atoms with van der Waals surface area (Å²) in [5.74, 6) is 0.911. The fourth-order valence-corrected chi connectivity index (χ4v) is 1.61. The number of nitrogen functional groups attached to an aromatic ring is 1. The summed E-state index contributed by atoms with van der Waals surface area (Å²) < 4.78 is 3.93. The van der Waals surface area contributed by atoms with E-state index in [1.165, 1.54) is 11.5 Å². The van der Waals surface area contributed by atoms with Crippen molar-refractivity contribution in [1.82, 2.24) is 4.37 Å². The molecule has 0 aromatic carbocycles. The van der Waals surface area contributed by atoms with Crippen LogP contribution in [0.5, 0.6) is 0 Å².